The minimum absolute atomic E-state index is 0.800. The molecule has 1 heterocycles. The summed E-state index contributed by atoms with van der Waals surface area (Å²) in [6, 6.07) is 5.92. The number of aromatic nitrogens is 1. The second kappa shape index (κ2) is 4.00. The van der Waals surface area contributed by atoms with E-state index >= 15 is 0 Å². The first-order valence-electron chi connectivity index (χ1n) is 5.15. The summed E-state index contributed by atoms with van der Waals surface area (Å²) >= 11 is 0. The average Bonchev–Trinajstić information content (AvgIpc) is 2.26. The summed E-state index contributed by atoms with van der Waals surface area (Å²) in [4.78, 5) is 4.45. The summed E-state index contributed by atoms with van der Waals surface area (Å²) in [5.74, 6) is 1.61. The number of rotatable bonds is 2. The minimum Gasteiger partial charge on any atom is -0.497 e. The third kappa shape index (κ3) is 1.69. The van der Waals surface area contributed by atoms with Crippen molar-refractivity contribution in [3.8, 4) is 11.5 Å². The molecule has 1 aromatic heterocycles. The Balaban J connectivity index is 2.83. The molecule has 0 unspecified atom stereocenters. The van der Waals surface area contributed by atoms with Crippen LogP contribution in [0.3, 0.4) is 0 Å². The summed E-state index contributed by atoms with van der Waals surface area (Å²) in [5, 5.41) is 2.15. The van der Waals surface area contributed by atoms with E-state index in [2.05, 4.69) is 4.98 Å². The van der Waals surface area contributed by atoms with Crippen LogP contribution in [0.5, 0.6) is 11.5 Å². The Bertz CT molecular complexity index is 535. The van der Waals surface area contributed by atoms with Crippen molar-refractivity contribution in [2.75, 3.05) is 14.2 Å². The number of nitrogens with zero attached hydrogens (tertiary/aromatic N) is 1. The van der Waals surface area contributed by atoms with Crippen molar-refractivity contribution in [1.29, 1.82) is 0 Å². The van der Waals surface area contributed by atoms with Crippen LogP contribution in [-0.4, -0.2) is 19.2 Å². The van der Waals surface area contributed by atoms with E-state index in [0.29, 0.717) is 0 Å². The van der Waals surface area contributed by atoms with E-state index in [1.54, 1.807) is 14.2 Å². The second-order valence-electron chi connectivity index (χ2n) is 3.78. The van der Waals surface area contributed by atoms with Crippen molar-refractivity contribution in [2.45, 2.75) is 13.8 Å². The van der Waals surface area contributed by atoms with Gasteiger partial charge in [0, 0.05) is 22.8 Å². The summed E-state index contributed by atoms with van der Waals surface area (Å²) in [5.41, 5.74) is 1.98. The van der Waals surface area contributed by atoms with Crippen LogP contribution in [0.15, 0.2) is 18.2 Å². The van der Waals surface area contributed by atoms with Crippen molar-refractivity contribution >= 4 is 10.8 Å². The Morgan fingerprint density at radius 2 is 1.75 bits per heavy atom. The van der Waals surface area contributed by atoms with Gasteiger partial charge in [0.1, 0.15) is 11.5 Å². The van der Waals surface area contributed by atoms with Gasteiger partial charge in [-0.05, 0) is 31.4 Å². The van der Waals surface area contributed by atoms with Gasteiger partial charge < -0.3 is 9.47 Å². The van der Waals surface area contributed by atoms with Crippen LogP contribution < -0.4 is 9.47 Å². The number of fused-ring (bicyclic) bond motifs is 1. The lowest BCUT2D eigenvalue weighted by Gasteiger charge is -2.11. The smallest absolute Gasteiger partial charge is 0.132 e. The zero-order valence-electron chi connectivity index (χ0n) is 10.00. The molecule has 84 valence electrons. The summed E-state index contributed by atoms with van der Waals surface area (Å²) < 4.78 is 10.6. The largest absolute Gasteiger partial charge is 0.497 e. The van der Waals surface area contributed by atoms with Gasteiger partial charge in [-0.3, -0.25) is 4.98 Å². The second-order valence-corrected chi connectivity index (χ2v) is 3.78. The van der Waals surface area contributed by atoms with Crippen LogP contribution in [0.4, 0.5) is 0 Å². The number of pyridine rings is 1. The molecule has 0 amide bonds. The van der Waals surface area contributed by atoms with Crippen molar-refractivity contribution in [2.24, 2.45) is 0 Å². The van der Waals surface area contributed by atoms with E-state index in [1.165, 1.54) is 0 Å². The van der Waals surface area contributed by atoms with Gasteiger partial charge in [0.2, 0.25) is 0 Å². The summed E-state index contributed by atoms with van der Waals surface area (Å²) in [6.07, 6.45) is 0. The molecule has 0 aliphatic carbocycles. The molecule has 0 aliphatic rings. The molecule has 0 fully saturated rings. The van der Waals surface area contributed by atoms with Gasteiger partial charge in [-0.25, -0.2) is 0 Å². The minimum atomic E-state index is 0.800. The van der Waals surface area contributed by atoms with E-state index in [4.69, 9.17) is 9.47 Å². The standard InChI is InChI=1S/C13H15NO2/c1-8-5-10-6-11(15-3)7-12(16-4)13(10)9(2)14-8/h5-7H,1-4H3. The van der Waals surface area contributed by atoms with Gasteiger partial charge in [0.15, 0.2) is 0 Å². The van der Waals surface area contributed by atoms with Crippen molar-refractivity contribution in [1.82, 2.24) is 4.98 Å². The Labute approximate surface area is 95.0 Å². The summed E-state index contributed by atoms with van der Waals surface area (Å²) in [7, 11) is 3.31. The summed E-state index contributed by atoms with van der Waals surface area (Å²) in [6.45, 7) is 3.97. The monoisotopic (exact) mass is 217 g/mol. The lowest BCUT2D eigenvalue weighted by Crippen LogP contribution is -1.94. The molecule has 16 heavy (non-hydrogen) atoms. The van der Waals surface area contributed by atoms with Gasteiger partial charge in [-0.15, -0.1) is 0 Å². The fourth-order valence-corrected chi connectivity index (χ4v) is 1.97. The van der Waals surface area contributed by atoms with Crippen LogP contribution in [0, 0.1) is 13.8 Å². The maximum Gasteiger partial charge on any atom is 0.132 e. The molecule has 0 saturated carbocycles. The van der Waals surface area contributed by atoms with Gasteiger partial charge in [0.25, 0.3) is 0 Å². The van der Waals surface area contributed by atoms with Crippen molar-refractivity contribution in [3.63, 3.8) is 0 Å². The zero-order valence-corrected chi connectivity index (χ0v) is 10.00. The maximum atomic E-state index is 5.37. The molecule has 2 rings (SSSR count). The van der Waals surface area contributed by atoms with Crippen molar-refractivity contribution in [3.05, 3.63) is 29.6 Å². The topological polar surface area (TPSA) is 31.4 Å². The van der Waals surface area contributed by atoms with Crippen LogP contribution in [0.25, 0.3) is 10.8 Å². The number of ether oxygens (including phenoxy) is 2. The van der Waals surface area contributed by atoms with E-state index in [9.17, 15) is 0 Å². The fraction of sp³-hybridized carbons (Fsp3) is 0.308. The zero-order chi connectivity index (χ0) is 11.7. The average molecular weight is 217 g/mol. The van der Waals surface area contributed by atoms with E-state index in [1.807, 2.05) is 32.0 Å². The third-order valence-corrected chi connectivity index (χ3v) is 2.63. The molecular formula is C13H15NO2. The van der Waals surface area contributed by atoms with Crippen LogP contribution in [-0.2, 0) is 0 Å². The maximum absolute atomic E-state index is 5.37. The Hall–Kier alpha value is -1.77. The number of hydrogen-bond donors (Lipinski definition) is 0. The highest BCUT2D eigenvalue weighted by atomic mass is 16.5. The predicted octanol–water partition coefficient (Wildman–Crippen LogP) is 2.87. The highest BCUT2D eigenvalue weighted by Crippen LogP contribution is 2.32. The van der Waals surface area contributed by atoms with Gasteiger partial charge in [0.05, 0.1) is 14.2 Å². The quantitative estimate of drug-likeness (QED) is 0.775. The molecule has 0 spiro atoms. The molecule has 0 radical (unpaired) electrons. The third-order valence-electron chi connectivity index (χ3n) is 2.63. The first-order chi connectivity index (χ1) is 7.65. The fourth-order valence-electron chi connectivity index (χ4n) is 1.97. The lowest BCUT2D eigenvalue weighted by atomic mass is 10.1. The highest BCUT2D eigenvalue weighted by molar-refractivity contribution is 5.91. The van der Waals surface area contributed by atoms with E-state index in [0.717, 1.165) is 33.7 Å². The molecule has 0 aliphatic heterocycles. The molecule has 3 nitrogen and oxygen atoms in total. The number of aryl methyl sites for hydroxylation is 2. The first-order valence-corrected chi connectivity index (χ1v) is 5.15. The molecule has 0 saturated heterocycles. The van der Waals surface area contributed by atoms with Crippen molar-refractivity contribution < 1.29 is 9.47 Å². The Morgan fingerprint density at radius 1 is 1.00 bits per heavy atom. The lowest BCUT2D eigenvalue weighted by molar-refractivity contribution is 0.398. The molecule has 1 aromatic carbocycles. The molecule has 0 N–H and O–H groups in total. The van der Waals surface area contributed by atoms with Crippen LogP contribution in [0.1, 0.15) is 11.4 Å². The van der Waals surface area contributed by atoms with Gasteiger partial charge in [-0.2, -0.15) is 0 Å². The highest BCUT2D eigenvalue weighted by Gasteiger charge is 2.09. The number of hydrogen-bond acceptors (Lipinski definition) is 3. The number of methoxy groups -OCH3 is 2. The van der Waals surface area contributed by atoms with Gasteiger partial charge >= 0.3 is 0 Å². The molecule has 0 atom stereocenters. The first kappa shape index (κ1) is 10.7. The Morgan fingerprint density at radius 3 is 2.38 bits per heavy atom. The SMILES string of the molecule is COc1cc(OC)c2c(C)nc(C)cc2c1. The normalized spacial score (nSPS) is 10.5. The van der Waals surface area contributed by atoms with E-state index < -0.39 is 0 Å². The van der Waals surface area contributed by atoms with E-state index in [-0.39, 0.29) is 0 Å². The molecule has 0 bridgehead atoms. The van der Waals surface area contributed by atoms with Crippen LogP contribution in [0.2, 0.25) is 0 Å². The number of benzene rings is 1. The molecular weight excluding hydrogens is 202 g/mol. The van der Waals surface area contributed by atoms with Crippen LogP contribution >= 0.6 is 0 Å². The Kier molecular flexibility index (Phi) is 2.69. The predicted molar refractivity (Wildman–Crippen MR) is 64.3 cm³/mol. The molecule has 2 aromatic rings. The van der Waals surface area contributed by atoms with Gasteiger partial charge in [-0.1, -0.05) is 0 Å². The molecule has 3 heteroatoms.